The number of anilines is 1. The van der Waals surface area contributed by atoms with Gasteiger partial charge in [-0.2, -0.15) is 13.2 Å². The second-order valence-electron chi connectivity index (χ2n) is 6.75. The molecule has 2 fully saturated rings. The highest BCUT2D eigenvalue weighted by atomic mass is 19.4. The maximum Gasteiger partial charge on any atom is 0.490 e. The first-order chi connectivity index (χ1) is 12.8. The number of hydrogen-bond acceptors (Lipinski definition) is 6. The molecule has 1 aromatic rings. The number of aliphatic carboxylic acids is 3. The van der Waals surface area contributed by atoms with Crippen LogP contribution >= 0.6 is 0 Å². The average molecular weight is 405 g/mol. The molecule has 0 radical (unpaired) electrons. The minimum atomic E-state index is -5.08. The molecule has 0 unspecified atom stereocenters. The van der Waals surface area contributed by atoms with E-state index < -0.39 is 34.9 Å². The largest absolute Gasteiger partial charge is 0.490 e. The number of aromatic nitrogens is 2. The summed E-state index contributed by atoms with van der Waals surface area (Å²) < 4.78 is 31.7. The van der Waals surface area contributed by atoms with Gasteiger partial charge in [0.2, 0.25) is 0 Å². The second kappa shape index (κ2) is 6.91. The highest BCUT2D eigenvalue weighted by Gasteiger charge is 2.81. The van der Waals surface area contributed by atoms with E-state index >= 15 is 0 Å². The zero-order valence-corrected chi connectivity index (χ0v) is 14.9. The number of fused-ring (bicyclic) bond motifs is 1. The van der Waals surface area contributed by atoms with Crippen LogP contribution in [0, 0.1) is 17.8 Å². The first-order valence-corrected chi connectivity index (χ1v) is 8.15. The minimum Gasteiger partial charge on any atom is -0.481 e. The monoisotopic (exact) mass is 405 g/mol. The molecule has 1 saturated heterocycles. The molecular formula is C16H18F3N3O6. The van der Waals surface area contributed by atoms with Crippen LogP contribution in [0.5, 0.6) is 0 Å². The van der Waals surface area contributed by atoms with Crippen molar-refractivity contribution in [3.05, 3.63) is 17.6 Å². The Morgan fingerprint density at radius 1 is 1.11 bits per heavy atom. The number of rotatable bonds is 4. The van der Waals surface area contributed by atoms with E-state index in [0.29, 0.717) is 18.1 Å². The van der Waals surface area contributed by atoms with E-state index in [1.165, 1.54) is 0 Å². The Balaban J connectivity index is 0.000000345. The fourth-order valence-electron chi connectivity index (χ4n) is 3.38. The van der Waals surface area contributed by atoms with Crippen molar-refractivity contribution >= 4 is 23.7 Å². The van der Waals surface area contributed by atoms with Crippen molar-refractivity contribution in [3.63, 3.8) is 0 Å². The zero-order valence-electron chi connectivity index (χ0n) is 14.9. The molecule has 12 heteroatoms. The third-order valence-corrected chi connectivity index (χ3v) is 4.90. The van der Waals surface area contributed by atoms with Crippen molar-refractivity contribution in [2.24, 2.45) is 10.8 Å². The third kappa shape index (κ3) is 3.58. The summed E-state index contributed by atoms with van der Waals surface area (Å²) in [5.41, 5.74) is -1.56. The fourth-order valence-corrected chi connectivity index (χ4v) is 3.38. The molecule has 3 N–H and O–H groups in total. The molecule has 1 aliphatic carbocycles. The summed E-state index contributed by atoms with van der Waals surface area (Å²) in [4.78, 5) is 42.4. The molecule has 2 aliphatic rings. The van der Waals surface area contributed by atoms with Gasteiger partial charge >= 0.3 is 24.1 Å². The van der Waals surface area contributed by atoms with E-state index in [1.807, 2.05) is 13.8 Å². The number of aryl methyl sites for hydroxylation is 2. The number of alkyl halides is 3. The minimum absolute atomic E-state index is 0.189. The number of carbonyl (C=O) groups is 3. The highest BCUT2D eigenvalue weighted by molar-refractivity contribution is 5.95. The number of halogens is 3. The summed E-state index contributed by atoms with van der Waals surface area (Å²) in [6.45, 7) is 4.17. The topological polar surface area (TPSA) is 141 Å². The molecule has 9 nitrogen and oxygen atoms in total. The van der Waals surface area contributed by atoms with Crippen LogP contribution in [-0.2, 0) is 20.8 Å². The van der Waals surface area contributed by atoms with Crippen LogP contribution in [0.1, 0.15) is 24.9 Å². The van der Waals surface area contributed by atoms with Gasteiger partial charge in [-0.15, -0.1) is 0 Å². The van der Waals surface area contributed by atoms with Crippen molar-refractivity contribution in [1.29, 1.82) is 0 Å². The van der Waals surface area contributed by atoms with Crippen molar-refractivity contribution in [1.82, 2.24) is 9.97 Å². The van der Waals surface area contributed by atoms with Crippen molar-refractivity contribution in [2.75, 3.05) is 18.0 Å². The predicted octanol–water partition coefficient (Wildman–Crippen LogP) is 1.35. The number of carboxylic acid groups (broad SMARTS) is 3. The Morgan fingerprint density at radius 2 is 1.57 bits per heavy atom. The van der Waals surface area contributed by atoms with E-state index in [9.17, 15) is 33.0 Å². The van der Waals surface area contributed by atoms with Gasteiger partial charge in [0.15, 0.2) is 0 Å². The lowest BCUT2D eigenvalue weighted by atomic mass is 9.97. The maximum absolute atomic E-state index is 11.5. The van der Waals surface area contributed by atoms with E-state index in [0.717, 1.165) is 5.69 Å². The van der Waals surface area contributed by atoms with Crippen LogP contribution < -0.4 is 4.90 Å². The number of hydrogen-bond donors (Lipinski definition) is 3. The SMILES string of the molecule is CCc1nc(C)cc(N2C[C@@]3(C(=O)O)C[C@@]3(C(=O)O)C2)n1.O=C(O)C(F)(F)F. The normalized spacial score (nSPS) is 25.4. The van der Waals surface area contributed by atoms with Gasteiger partial charge < -0.3 is 20.2 Å². The van der Waals surface area contributed by atoms with Crippen LogP contribution in [-0.4, -0.2) is 62.5 Å². The van der Waals surface area contributed by atoms with E-state index in [1.54, 1.807) is 11.0 Å². The van der Waals surface area contributed by atoms with Crippen molar-refractivity contribution in [3.8, 4) is 0 Å². The quantitative estimate of drug-likeness (QED) is 0.677. The highest BCUT2D eigenvalue weighted by Crippen LogP contribution is 2.68. The van der Waals surface area contributed by atoms with Crippen molar-refractivity contribution in [2.45, 2.75) is 32.9 Å². The summed E-state index contributed by atoms with van der Waals surface area (Å²) in [6.07, 6.45) is -4.21. The predicted molar refractivity (Wildman–Crippen MR) is 86.8 cm³/mol. The van der Waals surface area contributed by atoms with Gasteiger partial charge in [0.25, 0.3) is 0 Å². The average Bonchev–Trinajstić information content (AvgIpc) is 3.12. The second-order valence-corrected chi connectivity index (χ2v) is 6.75. The molecule has 0 spiro atoms. The molecule has 1 saturated carbocycles. The lowest BCUT2D eigenvalue weighted by Gasteiger charge is -2.21. The summed E-state index contributed by atoms with van der Waals surface area (Å²) in [5, 5.41) is 26.0. The van der Waals surface area contributed by atoms with E-state index in [2.05, 4.69) is 9.97 Å². The lowest BCUT2D eigenvalue weighted by Crippen LogP contribution is -2.29. The summed E-state index contributed by atoms with van der Waals surface area (Å²) in [6, 6.07) is 1.77. The molecule has 28 heavy (non-hydrogen) atoms. The number of piperidine rings is 1. The summed E-state index contributed by atoms with van der Waals surface area (Å²) in [7, 11) is 0. The molecule has 1 aromatic heterocycles. The van der Waals surface area contributed by atoms with Crippen LogP contribution in [0.25, 0.3) is 0 Å². The molecule has 2 atom stereocenters. The molecule has 0 amide bonds. The fraction of sp³-hybridized carbons (Fsp3) is 0.562. The van der Waals surface area contributed by atoms with Gasteiger partial charge in [0.05, 0.1) is 0 Å². The molecular weight excluding hydrogens is 387 g/mol. The van der Waals surface area contributed by atoms with Crippen LogP contribution in [0.15, 0.2) is 6.07 Å². The Morgan fingerprint density at radius 3 is 1.93 bits per heavy atom. The van der Waals surface area contributed by atoms with Crippen molar-refractivity contribution < 1.29 is 42.9 Å². The molecule has 1 aliphatic heterocycles. The van der Waals surface area contributed by atoms with Crippen LogP contribution in [0.2, 0.25) is 0 Å². The lowest BCUT2D eigenvalue weighted by molar-refractivity contribution is -0.192. The van der Waals surface area contributed by atoms with Gasteiger partial charge in [-0.1, -0.05) is 6.92 Å². The molecule has 2 heterocycles. The molecule has 0 bridgehead atoms. The zero-order chi connectivity index (χ0) is 21.5. The Labute approximate surface area is 156 Å². The summed E-state index contributed by atoms with van der Waals surface area (Å²) in [5.74, 6) is -3.53. The van der Waals surface area contributed by atoms with Gasteiger partial charge in [0, 0.05) is 31.3 Å². The third-order valence-electron chi connectivity index (χ3n) is 4.90. The first-order valence-electron chi connectivity index (χ1n) is 8.15. The van der Waals surface area contributed by atoms with Gasteiger partial charge in [0.1, 0.15) is 22.5 Å². The van der Waals surface area contributed by atoms with Crippen LogP contribution in [0.3, 0.4) is 0 Å². The smallest absolute Gasteiger partial charge is 0.481 e. The summed E-state index contributed by atoms with van der Waals surface area (Å²) >= 11 is 0. The maximum atomic E-state index is 11.5. The van der Waals surface area contributed by atoms with Gasteiger partial charge in [-0.05, 0) is 13.3 Å². The van der Waals surface area contributed by atoms with Gasteiger partial charge in [-0.25, -0.2) is 14.8 Å². The Hall–Kier alpha value is -2.92. The number of nitrogens with zero attached hydrogens (tertiary/aromatic N) is 3. The standard InChI is InChI=1S/C14H17N3O4.C2HF3O2/c1-3-9-15-8(2)4-10(16-9)17-6-13(11(18)19)5-14(13,7-17)12(20)21;3-2(4,5)1(6)7/h4H,3,5-7H2,1-2H3,(H,18,19)(H,20,21);(H,6,7)/t13-,14+;. The first kappa shape index (κ1) is 21.4. The Bertz CT molecular complexity index is 802. The molecule has 0 aromatic carbocycles. The van der Waals surface area contributed by atoms with Gasteiger partial charge in [-0.3, -0.25) is 9.59 Å². The van der Waals surface area contributed by atoms with Crippen LogP contribution in [0.4, 0.5) is 19.0 Å². The molecule has 3 rings (SSSR count). The van der Waals surface area contributed by atoms with E-state index in [-0.39, 0.29) is 19.5 Å². The van der Waals surface area contributed by atoms with E-state index in [4.69, 9.17) is 9.90 Å². The molecule has 154 valence electrons. The number of carboxylic acids is 3. The Kier molecular flexibility index (Phi) is 5.28.